The number of fused-ring (bicyclic) bond motifs is 20. The third kappa shape index (κ3) is 7.39. The molecule has 11 rings (SSSR count). The molecule has 5 aliphatic heterocycles. The fourth-order valence-electron chi connectivity index (χ4n) is 14.8. The number of methoxy groups -OCH3 is 2. The molecule has 0 spiro atoms. The molecule has 3 radical (unpaired) electrons. The van der Waals surface area contributed by atoms with Crippen LogP contribution >= 0.6 is 0 Å². The summed E-state index contributed by atoms with van der Waals surface area (Å²) in [5, 5.41) is 32.9. The number of hydrogen-bond acceptors (Lipinski definition) is 12. The molecule has 9 aliphatic rings. The van der Waals surface area contributed by atoms with E-state index in [4.69, 9.17) is 14.2 Å². The van der Waals surface area contributed by atoms with E-state index in [-0.39, 0.29) is 60.7 Å². The van der Waals surface area contributed by atoms with Gasteiger partial charge >= 0.3 is 5.97 Å². The molecule has 18 atom stereocenters. The molecule has 2 aromatic rings. The summed E-state index contributed by atoms with van der Waals surface area (Å²) in [5.74, 6) is 5.35. The van der Waals surface area contributed by atoms with E-state index in [0.717, 1.165) is 30.6 Å². The van der Waals surface area contributed by atoms with Gasteiger partial charge in [0.2, 0.25) is 0 Å². The van der Waals surface area contributed by atoms with Crippen molar-refractivity contribution in [3.05, 3.63) is 54.1 Å². The van der Waals surface area contributed by atoms with Crippen molar-refractivity contribution in [3.63, 3.8) is 0 Å². The zero-order valence-corrected chi connectivity index (χ0v) is 37.2. The maximum atomic E-state index is 15.2. The Balaban J connectivity index is 0.978. The summed E-state index contributed by atoms with van der Waals surface area (Å²) in [6.07, 6.45) is 19.9. The van der Waals surface area contributed by atoms with Crippen molar-refractivity contribution < 1.29 is 19.0 Å². The van der Waals surface area contributed by atoms with E-state index >= 15 is 4.79 Å². The molecule has 12 nitrogen and oxygen atoms in total. The summed E-state index contributed by atoms with van der Waals surface area (Å²) in [6, 6.07) is 15.4. The van der Waals surface area contributed by atoms with Gasteiger partial charge in [0.25, 0.3) is 0 Å². The molecule has 8 N–H and O–H groups in total. The largest absolute Gasteiger partial charge is 0.497 e. The Kier molecular flexibility index (Phi) is 11.5. The fraction of sp³-hybridized carbons (Fsp3) is 0.729. The van der Waals surface area contributed by atoms with Crippen molar-refractivity contribution in [2.24, 2.45) is 53.3 Å². The number of carbonyl (C=O) groups is 1. The average Bonchev–Trinajstić information content (AvgIpc) is 4.04. The van der Waals surface area contributed by atoms with Crippen LogP contribution in [0.1, 0.15) is 102 Å². The zero-order chi connectivity index (χ0) is 41.2. The Morgan fingerprint density at radius 2 is 0.869 bits per heavy atom. The van der Waals surface area contributed by atoms with Gasteiger partial charge in [-0.3, -0.25) is 47.3 Å². The topological polar surface area (TPSA) is 141 Å². The molecule has 8 bridgehead atoms. The molecule has 329 valence electrons. The minimum absolute atomic E-state index is 0.0420. The van der Waals surface area contributed by atoms with E-state index < -0.39 is 5.04 Å². The van der Waals surface area contributed by atoms with E-state index in [1.165, 1.54) is 77.0 Å². The molecule has 9 fully saturated rings. The van der Waals surface area contributed by atoms with Crippen LogP contribution in [0.3, 0.4) is 0 Å². The molecule has 5 heterocycles. The average molecular weight is 850 g/mol. The lowest BCUT2D eigenvalue weighted by Crippen LogP contribution is -2.62. The highest BCUT2D eigenvalue weighted by atomic mass is 28.1. The Morgan fingerprint density at radius 1 is 0.492 bits per heavy atom. The molecule has 0 aromatic heterocycles. The van der Waals surface area contributed by atoms with Crippen molar-refractivity contribution in [1.29, 1.82) is 0 Å². The lowest BCUT2D eigenvalue weighted by Gasteiger charge is -2.47. The number of esters is 1. The first kappa shape index (κ1) is 41.1. The second-order valence-electron chi connectivity index (χ2n) is 20.4. The number of benzene rings is 2. The predicted molar refractivity (Wildman–Crippen MR) is 235 cm³/mol. The molecule has 13 heteroatoms. The maximum absolute atomic E-state index is 15.2. The molecule has 5 saturated heterocycles. The Labute approximate surface area is 366 Å². The summed E-state index contributed by atoms with van der Waals surface area (Å²) < 4.78 is 17.7. The van der Waals surface area contributed by atoms with E-state index in [9.17, 15) is 0 Å². The minimum atomic E-state index is -1.16. The van der Waals surface area contributed by atoms with Crippen LogP contribution < -0.4 is 56.7 Å². The van der Waals surface area contributed by atoms with Gasteiger partial charge in [-0.05, 0) is 134 Å². The van der Waals surface area contributed by atoms with E-state index in [1.54, 1.807) is 20.3 Å². The van der Waals surface area contributed by atoms with Gasteiger partial charge in [-0.25, -0.2) is 0 Å². The summed E-state index contributed by atoms with van der Waals surface area (Å²) in [5.41, 5.74) is 0.853. The van der Waals surface area contributed by atoms with Gasteiger partial charge in [0, 0.05) is 6.07 Å². The summed E-state index contributed by atoms with van der Waals surface area (Å²) in [4.78, 5) is 15.2. The van der Waals surface area contributed by atoms with E-state index in [2.05, 4.69) is 58.8 Å². The molecule has 61 heavy (non-hydrogen) atoms. The molecule has 4 saturated carbocycles. The minimum Gasteiger partial charge on any atom is -0.497 e. The first-order valence-electron chi connectivity index (χ1n) is 24.2. The highest BCUT2D eigenvalue weighted by Crippen LogP contribution is 2.52. The number of rotatable bonds is 6. The van der Waals surface area contributed by atoms with Crippen LogP contribution in [-0.2, 0) is 9.83 Å². The number of hydrogen-bond donors (Lipinski definition) is 8. The summed E-state index contributed by atoms with van der Waals surface area (Å²) >= 11 is 0. The van der Waals surface area contributed by atoms with Gasteiger partial charge in [0.1, 0.15) is 17.2 Å². The maximum Gasteiger partial charge on any atom is 0.318 e. The Morgan fingerprint density at radius 3 is 1.33 bits per heavy atom. The van der Waals surface area contributed by atoms with Crippen molar-refractivity contribution >= 4 is 16.2 Å². The summed E-state index contributed by atoms with van der Waals surface area (Å²) in [7, 11) is 7.68. The van der Waals surface area contributed by atoms with Gasteiger partial charge < -0.3 is 14.2 Å². The standard InChI is InChI=1S/C48H69N8O4Si/c1-58-27-13-9-12-26(24-27)48(61,47(57)60-29-15-10-14-28(25-29)59-2)37-23-11-22-36-38(37)46-55-44-35-21-8-7-20-34(35)42(53-44)51-40-31-17-4-3-16-30(31)39(49-40)50-41-32-18-5-6-19-33(32)43(52-41)54-45(36)56-46/h9-10,12-15,24-25,30-46,49-56H,3-8,11,16-23H2,1-2H3. The van der Waals surface area contributed by atoms with Crippen LogP contribution in [0.15, 0.2) is 48.5 Å². The van der Waals surface area contributed by atoms with E-state index in [1.807, 2.05) is 36.4 Å². The normalized spacial score (nSPS) is 43.8. The molecule has 2 aromatic carbocycles. The highest BCUT2D eigenvalue weighted by Gasteiger charge is 2.59. The molecule has 4 aliphatic carbocycles. The van der Waals surface area contributed by atoms with Crippen LogP contribution in [0, 0.1) is 53.3 Å². The second-order valence-corrected chi connectivity index (χ2v) is 21.2. The molecular formula is C48H69N8O4Si. The van der Waals surface area contributed by atoms with Crippen molar-refractivity contribution in [3.8, 4) is 17.2 Å². The van der Waals surface area contributed by atoms with Gasteiger partial charge in [-0.15, -0.1) is 0 Å². The number of ether oxygens (including phenoxy) is 3. The lowest BCUT2D eigenvalue weighted by molar-refractivity contribution is -0.141. The zero-order valence-electron chi connectivity index (χ0n) is 36.2. The first-order chi connectivity index (χ1) is 29.9. The monoisotopic (exact) mass is 850 g/mol. The Hall–Kier alpha value is -2.59. The lowest BCUT2D eigenvalue weighted by atomic mass is 9.64. The third-order valence-electron chi connectivity index (χ3n) is 17.5. The van der Waals surface area contributed by atoms with E-state index in [0.29, 0.717) is 59.3 Å². The smallest absolute Gasteiger partial charge is 0.318 e. The summed E-state index contributed by atoms with van der Waals surface area (Å²) in [6.45, 7) is 0. The number of carbonyl (C=O) groups excluding carboxylic acids is 1. The highest BCUT2D eigenvalue weighted by molar-refractivity contribution is 6.28. The predicted octanol–water partition coefficient (Wildman–Crippen LogP) is 4.52. The van der Waals surface area contributed by atoms with Crippen LogP contribution in [0.2, 0.25) is 0 Å². The fourth-order valence-corrected chi connectivity index (χ4v) is 15.3. The van der Waals surface area contributed by atoms with Crippen molar-refractivity contribution in [1.82, 2.24) is 42.5 Å². The van der Waals surface area contributed by atoms with Gasteiger partial charge in [0.05, 0.1) is 78.8 Å². The van der Waals surface area contributed by atoms with Gasteiger partial charge in [-0.1, -0.05) is 63.1 Å². The molecule has 0 amide bonds. The van der Waals surface area contributed by atoms with Gasteiger partial charge in [0.15, 0.2) is 0 Å². The molecular weight excluding hydrogens is 781 g/mol. The molecule has 18 unspecified atom stereocenters. The quantitative estimate of drug-likeness (QED) is 0.118. The third-order valence-corrected chi connectivity index (χ3v) is 18.4. The van der Waals surface area contributed by atoms with Crippen LogP contribution in [0.5, 0.6) is 17.2 Å². The van der Waals surface area contributed by atoms with Crippen molar-refractivity contribution in [2.45, 2.75) is 151 Å². The van der Waals surface area contributed by atoms with Crippen LogP contribution in [-0.4, -0.2) is 79.8 Å². The SMILES string of the molecule is COc1cccc(OC(=O)C([Si])(c2cccc(OC)c2)C2CCCC3C4NC5NC(NC6NC(NC7NC(NC(N4)C32)C2CCCCC72)C2CCCCC62)C2CCCCC52)c1. The first-order valence-corrected chi connectivity index (χ1v) is 24.7. The number of nitrogens with one attached hydrogen (secondary N) is 8. The van der Waals surface area contributed by atoms with Gasteiger partial charge in [-0.2, -0.15) is 0 Å². The second kappa shape index (κ2) is 17.1. The van der Waals surface area contributed by atoms with Crippen LogP contribution in [0.4, 0.5) is 0 Å². The Bertz CT molecular complexity index is 1890. The van der Waals surface area contributed by atoms with Crippen LogP contribution in [0.25, 0.3) is 0 Å². The van der Waals surface area contributed by atoms with Crippen molar-refractivity contribution in [2.75, 3.05) is 14.2 Å².